The molecule has 1 heterocycles. The average Bonchev–Trinajstić information content (AvgIpc) is 3.31. The van der Waals surface area contributed by atoms with Gasteiger partial charge in [0.2, 0.25) is 5.91 Å². The summed E-state index contributed by atoms with van der Waals surface area (Å²) in [7, 11) is 1.58. The monoisotopic (exact) mass is 449 g/mol. The van der Waals surface area contributed by atoms with Crippen molar-refractivity contribution in [2.45, 2.75) is 51.6 Å². The molecule has 1 N–H and O–H groups in total. The van der Waals surface area contributed by atoms with E-state index in [2.05, 4.69) is 15.2 Å². The summed E-state index contributed by atoms with van der Waals surface area (Å²) in [6, 6.07) is 5.13. The second-order valence-electron chi connectivity index (χ2n) is 7.96. The highest BCUT2D eigenvalue weighted by molar-refractivity contribution is 5.92. The smallest absolute Gasteiger partial charge is 0.406 e. The Morgan fingerprint density at radius 1 is 1.16 bits per heavy atom. The second kappa shape index (κ2) is 7.76. The number of hydrogen-bond acceptors (Lipinski definition) is 3. The predicted molar refractivity (Wildman–Crippen MR) is 100 cm³/mol. The molecule has 1 fully saturated rings. The number of aryl methyl sites for hydroxylation is 1. The Labute approximate surface area is 174 Å². The van der Waals surface area contributed by atoms with Gasteiger partial charge in [-0.3, -0.25) is 9.48 Å². The maximum atomic E-state index is 13.1. The lowest BCUT2D eigenvalue weighted by Gasteiger charge is -2.18. The highest BCUT2D eigenvalue weighted by Gasteiger charge is 2.63. The molecule has 1 aliphatic carbocycles. The molecule has 1 aromatic heterocycles. The molecule has 31 heavy (non-hydrogen) atoms. The number of nitrogens with one attached hydrogen (secondary N) is 1. The van der Waals surface area contributed by atoms with Crippen LogP contribution in [0.2, 0.25) is 0 Å². The number of nitrogens with zero attached hydrogens (tertiary/aromatic N) is 2. The SMILES string of the molecule is CC(C)c1c(NC(=O)CC2(C(F)(F)F)CC2)nn(C)c1-c1ccc(OC(F)(F)F)cc1. The van der Waals surface area contributed by atoms with Crippen molar-refractivity contribution in [3.05, 3.63) is 29.8 Å². The Balaban J connectivity index is 1.86. The van der Waals surface area contributed by atoms with Crippen LogP contribution in [-0.2, 0) is 11.8 Å². The van der Waals surface area contributed by atoms with E-state index in [4.69, 9.17) is 0 Å². The molecule has 11 heteroatoms. The number of hydrogen-bond donors (Lipinski definition) is 1. The number of benzene rings is 1. The van der Waals surface area contributed by atoms with Gasteiger partial charge in [-0.1, -0.05) is 13.8 Å². The number of carbonyl (C=O) groups is 1. The van der Waals surface area contributed by atoms with Gasteiger partial charge in [0.1, 0.15) is 5.75 Å². The third kappa shape index (κ3) is 4.96. The first-order valence-corrected chi connectivity index (χ1v) is 9.52. The molecule has 1 saturated carbocycles. The molecule has 1 aromatic carbocycles. The molecular weight excluding hydrogens is 428 g/mol. The van der Waals surface area contributed by atoms with Crippen molar-refractivity contribution in [3.63, 3.8) is 0 Å². The zero-order valence-electron chi connectivity index (χ0n) is 17.0. The maximum Gasteiger partial charge on any atom is 0.573 e. The van der Waals surface area contributed by atoms with Crippen LogP contribution in [0.5, 0.6) is 5.75 Å². The Bertz CT molecular complexity index is 957. The van der Waals surface area contributed by atoms with Crippen molar-refractivity contribution >= 4 is 11.7 Å². The minimum Gasteiger partial charge on any atom is -0.406 e. The fourth-order valence-corrected chi connectivity index (χ4v) is 3.53. The first kappa shape index (κ1) is 23.0. The molecule has 3 rings (SSSR count). The van der Waals surface area contributed by atoms with E-state index in [0.29, 0.717) is 16.8 Å². The zero-order chi connectivity index (χ0) is 23.2. The number of carbonyl (C=O) groups excluding carboxylic acids is 1. The molecule has 0 spiro atoms. The van der Waals surface area contributed by atoms with Crippen LogP contribution in [-0.4, -0.2) is 28.2 Å². The van der Waals surface area contributed by atoms with Crippen LogP contribution in [0.25, 0.3) is 11.3 Å². The van der Waals surface area contributed by atoms with Crippen LogP contribution < -0.4 is 10.1 Å². The number of ether oxygens (including phenoxy) is 1. The van der Waals surface area contributed by atoms with E-state index in [0.717, 1.165) is 12.1 Å². The van der Waals surface area contributed by atoms with Crippen molar-refractivity contribution in [1.82, 2.24) is 9.78 Å². The third-order valence-corrected chi connectivity index (χ3v) is 5.23. The van der Waals surface area contributed by atoms with Gasteiger partial charge in [0.25, 0.3) is 0 Å². The van der Waals surface area contributed by atoms with Crippen LogP contribution in [0.1, 0.15) is 44.6 Å². The van der Waals surface area contributed by atoms with Gasteiger partial charge in [0.05, 0.1) is 11.1 Å². The van der Waals surface area contributed by atoms with Crippen molar-refractivity contribution < 1.29 is 35.9 Å². The molecule has 0 aliphatic heterocycles. The molecule has 0 bridgehead atoms. The minimum absolute atomic E-state index is 0.0826. The molecule has 2 aromatic rings. The molecule has 170 valence electrons. The Kier molecular flexibility index (Phi) is 5.74. The number of alkyl halides is 6. The van der Waals surface area contributed by atoms with Gasteiger partial charge in [-0.15, -0.1) is 13.2 Å². The Morgan fingerprint density at radius 3 is 2.19 bits per heavy atom. The number of halogens is 6. The number of aromatic nitrogens is 2. The largest absolute Gasteiger partial charge is 0.573 e. The van der Waals surface area contributed by atoms with Gasteiger partial charge in [-0.25, -0.2) is 0 Å². The van der Waals surface area contributed by atoms with E-state index < -0.39 is 30.3 Å². The molecule has 0 radical (unpaired) electrons. The van der Waals surface area contributed by atoms with E-state index in [9.17, 15) is 31.1 Å². The molecule has 5 nitrogen and oxygen atoms in total. The van der Waals surface area contributed by atoms with Crippen molar-refractivity contribution in [1.29, 1.82) is 0 Å². The Morgan fingerprint density at radius 2 is 1.74 bits per heavy atom. The van der Waals surface area contributed by atoms with Crippen molar-refractivity contribution in [2.24, 2.45) is 12.5 Å². The Hall–Kier alpha value is -2.72. The van der Waals surface area contributed by atoms with E-state index in [1.807, 2.05) is 13.8 Å². The van der Waals surface area contributed by atoms with E-state index in [1.165, 1.54) is 16.8 Å². The van der Waals surface area contributed by atoms with Gasteiger partial charge in [-0.05, 0) is 43.0 Å². The van der Waals surface area contributed by atoms with Gasteiger partial charge in [0.15, 0.2) is 5.82 Å². The van der Waals surface area contributed by atoms with Crippen molar-refractivity contribution in [3.8, 4) is 17.0 Å². The van der Waals surface area contributed by atoms with E-state index in [-0.39, 0.29) is 30.3 Å². The van der Waals surface area contributed by atoms with Crippen LogP contribution >= 0.6 is 0 Å². The molecule has 0 unspecified atom stereocenters. The zero-order valence-corrected chi connectivity index (χ0v) is 17.0. The summed E-state index contributed by atoms with van der Waals surface area (Å²) in [6.07, 6.45) is -10.1. The van der Waals surface area contributed by atoms with Crippen molar-refractivity contribution in [2.75, 3.05) is 5.32 Å². The minimum atomic E-state index is -4.82. The normalized spacial score (nSPS) is 15.8. The van der Waals surface area contributed by atoms with Gasteiger partial charge >= 0.3 is 12.5 Å². The number of amides is 1. The second-order valence-corrected chi connectivity index (χ2v) is 7.96. The topological polar surface area (TPSA) is 56.2 Å². The quantitative estimate of drug-likeness (QED) is 0.569. The molecule has 1 amide bonds. The van der Waals surface area contributed by atoms with Crippen LogP contribution in [0.4, 0.5) is 32.2 Å². The van der Waals surface area contributed by atoms with Gasteiger partial charge in [0, 0.05) is 24.6 Å². The molecular formula is C20H21F6N3O2. The lowest BCUT2D eigenvalue weighted by Crippen LogP contribution is -2.29. The summed E-state index contributed by atoms with van der Waals surface area (Å²) in [5.41, 5.74) is -0.359. The summed E-state index contributed by atoms with van der Waals surface area (Å²) in [5.74, 6) is -1.22. The van der Waals surface area contributed by atoms with Gasteiger partial charge < -0.3 is 10.1 Å². The summed E-state index contributed by atoms with van der Waals surface area (Å²) in [4.78, 5) is 12.3. The lowest BCUT2D eigenvalue weighted by atomic mass is 9.97. The fraction of sp³-hybridized carbons (Fsp3) is 0.500. The highest BCUT2D eigenvalue weighted by Crippen LogP contribution is 2.60. The van der Waals surface area contributed by atoms with Gasteiger partial charge in [-0.2, -0.15) is 18.3 Å². The molecule has 1 aliphatic rings. The lowest BCUT2D eigenvalue weighted by molar-refractivity contribution is -0.274. The van der Waals surface area contributed by atoms with Crippen LogP contribution in [0.15, 0.2) is 24.3 Å². The first-order valence-electron chi connectivity index (χ1n) is 9.52. The van der Waals surface area contributed by atoms with Crippen LogP contribution in [0.3, 0.4) is 0 Å². The van der Waals surface area contributed by atoms with E-state index >= 15 is 0 Å². The predicted octanol–water partition coefficient (Wildman–Crippen LogP) is 5.78. The summed E-state index contributed by atoms with van der Waals surface area (Å²) in [6.45, 7) is 3.63. The van der Waals surface area contributed by atoms with E-state index in [1.54, 1.807) is 7.05 Å². The molecule has 0 saturated heterocycles. The fourth-order valence-electron chi connectivity index (χ4n) is 3.53. The highest BCUT2D eigenvalue weighted by atomic mass is 19.4. The number of anilines is 1. The summed E-state index contributed by atoms with van der Waals surface area (Å²) >= 11 is 0. The third-order valence-electron chi connectivity index (χ3n) is 5.23. The number of rotatable bonds is 6. The van der Waals surface area contributed by atoms with Crippen LogP contribution in [0, 0.1) is 5.41 Å². The molecule has 0 atom stereocenters. The summed E-state index contributed by atoms with van der Waals surface area (Å²) < 4.78 is 81.9. The average molecular weight is 449 g/mol. The standard InChI is InChI=1S/C20H21F6N3O2/c1-11(2)15-16(12-4-6-13(7-5-12)31-20(24,25)26)29(3)28-17(15)27-14(30)10-18(8-9-18)19(21,22)23/h4-7,11H,8-10H2,1-3H3,(H,27,28,30). The summed E-state index contributed by atoms with van der Waals surface area (Å²) in [5, 5.41) is 6.72. The maximum absolute atomic E-state index is 13.1. The first-order chi connectivity index (χ1) is 14.2.